The number of likely N-dealkylation sites (tertiary alicyclic amines) is 1. The summed E-state index contributed by atoms with van der Waals surface area (Å²) < 4.78 is 0. The number of carbonyl (C=O) groups excluding carboxylic acids is 1. The molecule has 1 saturated carbocycles. The molecule has 0 radical (unpaired) electrons. The van der Waals surface area contributed by atoms with Gasteiger partial charge in [0.05, 0.1) is 0 Å². The first-order chi connectivity index (χ1) is 13.5. The monoisotopic (exact) mass is 384 g/mol. The summed E-state index contributed by atoms with van der Waals surface area (Å²) >= 11 is 0. The zero-order valence-electron chi connectivity index (χ0n) is 17.5. The van der Waals surface area contributed by atoms with Gasteiger partial charge in [-0.1, -0.05) is 55.3 Å². The summed E-state index contributed by atoms with van der Waals surface area (Å²) in [5.74, 6) is -0.174. The van der Waals surface area contributed by atoms with E-state index >= 15 is 0 Å². The van der Waals surface area contributed by atoms with Crippen LogP contribution < -0.4 is 5.32 Å². The Morgan fingerprint density at radius 3 is 2.46 bits per heavy atom. The van der Waals surface area contributed by atoms with Crippen LogP contribution in [0.25, 0.3) is 0 Å². The molecule has 154 valence electrons. The van der Waals surface area contributed by atoms with Gasteiger partial charge in [0.1, 0.15) is 0 Å². The predicted octanol–water partition coefficient (Wildman–Crippen LogP) is 4.00. The lowest BCUT2D eigenvalue weighted by atomic mass is 9.69. The van der Waals surface area contributed by atoms with Crippen LogP contribution in [0.1, 0.15) is 64.4 Å². The van der Waals surface area contributed by atoms with Gasteiger partial charge in [0, 0.05) is 31.6 Å². The van der Waals surface area contributed by atoms with Crippen LogP contribution in [0.3, 0.4) is 0 Å². The minimum Gasteiger partial charge on any atom is -0.375 e. The van der Waals surface area contributed by atoms with Crippen molar-refractivity contribution >= 4 is 5.91 Å². The zero-order valence-corrected chi connectivity index (χ0v) is 17.5. The number of allylic oxidation sites excluding steroid dienone is 1. The SMILES string of the molecule is CCC(C)=CCCN1CCC(NC(=O)[C@](O)(c2ccccc2)C2CCC2)CC1. The molecule has 1 atom stereocenters. The summed E-state index contributed by atoms with van der Waals surface area (Å²) in [7, 11) is 0. The summed E-state index contributed by atoms with van der Waals surface area (Å²) in [6, 6.07) is 9.65. The number of rotatable bonds is 8. The van der Waals surface area contributed by atoms with E-state index in [4.69, 9.17) is 0 Å². The van der Waals surface area contributed by atoms with Gasteiger partial charge in [0.2, 0.25) is 0 Å². The van der Waals surface area contributed by atoms with Crippen molar-refractivity contribution in [2.24, 2.45) is 5.92 Å². The normalized spacial score (nSPS) is 21.8. The fraction of sp³-hybridized carbons (Fsp3) is 0.625. The molecule has 4 nitrogen and oxygen atoms in total. The summed E-state index contributed by atoms with van der Waals surface area (Å²) in [6.07, 6.45) is 9.41. The highest BCUT2D eigenvalue weighted by Crippen LogP contribution is 2.42. The Hall–Kier alpha value is -1.65. The molecule has 0 aromatic heterocycles. The van der Waals surface area contributed by atoms with E-state index < -0.39 is 5.60 Å². The molecule has 2 N–H and O–H groups in total. The number of aliphatic hydroxyl groups is 1. The largest absolute Gasteiger partial charge is 0.375 e. The lowest BCUT2D eigenvalue weighted by Gasteiger charge is -2.42. The lowest BCUT2D eigenvalue weighted by Crippen LogP contribution is -2.55. The van der Waals surface area contributed by atoms with Gasteiger partial charge < -0.3 is 15.3 Å². The van der Waals surface area contributed by atoms with Crippen molar-refractivity contribution in [3.8, 4) is 0 Å². The maximum atomic E-state index is 13.1. The summed E-state index contributed by atoms with van der Waals surface area (Å²) in [5, 5.41) is 14.6. The van der Waals surface area contributed by atoms with Gasteiger partial charge in [-0.25, -0.2) is 0 Å². The van der Waals surface area contributed by atoms with E-state index in [0.717, 1.165) is 70.1 Å². The second-order valence-electron chi connectivity index (χ2n) is 8.54. The third-order valence-corrected chi connectivity index (χ3v) is 6.67. The van der Waals surface area contributed by atoms with E-state index in [-0.39, 0.29) is 17.9 Å². The van der Waals surface area contributed by atoms with E-state index in [1.54, 1.807) is 0 Å². The molecule has 1 aromatic carbocycles. The van der Waals surface area contributed by atoms with Crippen LogP contribution in [0.4, 0.5) is 0 Å². The van der Waals surface area contributed by atoms with Crippen LogP contribution >= 0.6 is 0 Å². The highest BCUT2D eigenvalue weighted by Gasteiger charge is 2.48. The number of nitrogens with one attached hydrogen (secondary N) is 1. The van der Waals surface area contributed by atoms with Crippen molar-refractivity contribution in [2.75, 3.05) is 19.6 Å². The van der Waals surface area contributed by atoms with Crippen LogP contribution in [0.15, 0.2) is 42.0 Å². The van der Waals surface area contributed by atoms with Crippen molar-refractivity contribution < 1.29 is 9.90 Å². The molecule has 0 bridgehead atoms. The summed E-state index contributed by atoms with van der Waals surface area (Å²) in [6.45, 7) is 7.50. The molecular formula is C24H36N2O2. The first kappa shape index (κ1) is 21.1. The second kappa shape index (κ2) is 9.71. The maximum absolute atomic E-state index is 13.1. The lowest BCUT2D eigenvalue weighted by molar-refractivity contribution is -0.153. The van der Waals surface area contributed by atoms with Crippen molar-refractivity contribution in [3.63, 3.8) is 0 Å². The van der Waals surface area contributed by atoms with Gasteiger partial charge in [0.15, 0.2) is 5.60 Å². The highest BCUT2D eigenvalue weighted by molar-refractivity contribution is 5.87. The van der Waals surface area contributed by atoms with Crippen LogP contribution in [-0.2, 0) is 10.4 Å². The topological polar surface area (TPSA) is 52.6 Å². The van der Waals surface area contributed by atoms with Gasteiger partial charge in [-0.15, -0.1) is 0 Å². The molecule has 1 saturated heterocycles. The molecule has 28 heavy (non-hydrogen) atoms. The van der Waals surface area contributed by atoms with Crippen LogP contribution in [-0.4, -0.2) is 41.6 Å². The smallest absolute Gasteiger partial charge is 0.257 e. The Bertz CT molecular complexity index is 660. The molecule has 1 aliphatic carbocycles. The molecule has 0 unspecified atom stereocenters. The van der Waals surface area contributed by atoms with Gasteiger partial charge in [-0.2, -0.15) is 0 Å². The molecular weight excluding hydrogens is 348 g/mol. The number of hydrogen-bond acceptors (Lipinski definition) is 3. The summed E-state index contributed by atoms with van der Waals surface area (Å²) in [4.78, 5) is 15.6. The molecule has 1 aromatic rings. The molecule has 1 aliphatic heterocycles. The molecule has 2 aliphatic rings. The molecule has 0 spiro atoms. The van der Waals surface area contributed by atoms with E-state index in [1.165, 1.54) is 5.57 Å². The van der Waals surface area contributed by atoms with E-state index in [9.17, 15) is 9.90 Å². The van der Waals surface area contributed by atoms with E-state index in [1.807, 2.05) is 30.3 Å². The van der Waals surface area contributed by atoms with Crippen LogP contribution in [0, 0.1) is 5.92 Å². The minimum atomic E-state index is -1.39. The number of amides is 1. The standard InChI is InChI=1S/C24H36N2O2/c1-3-19(2)9-8-16-26-17-14-22(15-18-26)25-23(27)24(28,21-12-7-13-21)20-10-5-4-6-11-20/h4-6,9-11,21-22,28H,3,7-8,12-18H2,1-2H3,(H,25,27)/t24-/m0/s1. The molecule has 1 amide bonds. The molecule has 3 rings (SSSR count). The fourth-order valence-electron chi connectivity index (χ4n) is 4.30. The third-order valence-electron chi connectivity index (χ3n) is 6.67. The quantitative estimate of drug-likeness (QED) is 0.666. The minimum absolute atomic E-state index is 0.0311. The Kier molecular flexibility index (Phi) is 7.30. The Balaban J connectivity index is 1.54. The van der Waals surface area contributed by atoms with Crippen molar-refractivity contribution in [2.45, 2.75) is 70.4 Å². The van der Waals surface area contributed by atoms with E-state index in [0.29, 0.717) is 0 Å². The third kappa shape index (κ3) is 4.84. The zero-order chi connectivity index (χ0) is 20.0. The Morgan fingerprint density at radius 2 is 1.89 bits per heavy atom. The van der Waals surface area contributed by atoms with Crippen LogP contribution in [0.2, 0.25) is 0 Å². The molecule has 1 heterocycles. The van der Waals surface area contributed by atoms with Crippen LogP contribution in [0.5, 0.6) is 0 Å². The number of piperidine rings is 1. The predicted molar refractivity (Wildman–Crippen MR) is 114 cm³/mol. The maximum Gasteiger partial charge on any atom is 0.257 e. The number of nitrogens with zero attached hydrogens (tertiary/aromatic N) is 1. The Labute approximate surface area is 170 Å². The molecule has 2 fully saturated rings. The van der Waals surface area contributed by atoms with Gasteiger partial charge >= 0.3 is 0 Å². The second-order valence-corrected chi connectivity index (χ2v) is 8.54. The number of benzene rings is 1. The van der Waals surface area contributed by atoms with Crippen molar-refractivity contribution in [1.82, 2.24) is 10.2 Å². The first-order valence-corrected chi connectivity index (χ1v) is 11.0. The van der Waals surface area contributed by atoms with Gasteiger partial charge in [0.25, 0.3) is 5.91 Å². The average molecular weight is 385 g/mol. The van der Waals surface area contributed by atoms with Crippen molar-refractivity contribution in [1.29, 1.82) is 0 Å². The van der Waals surface area contributed by atoms with E-state index in [2.05, 4.69) is 30.1 Å². The number of carbonyl (C=O) groups is 1. The first-order valence-electron chi connectivity index (χ1n) is 11.0. The highest BCUT2D eigenvalue weighted by atomic mass is 16.3. The molecule has 4 heteroatoms. The average Bonchev–Trinajstić information content (AvgIpc) is 2.68. The van der Waals surface area contributed by atoms with Gasteiger partial charge in [-0.05, 0) is 51.0 Å². The van der Waals surface area contributed by atoms with Gasteiger partial charge in [-0.3, -0.25) is 4.79 Å². The Morgan fingerprint density at radius 1 is 1.21 bits per heavy atom. The summed E-state index contributed by atoms with van der Waals surface area (Å²) in [5.41, 5.74) is 0.796. The number of hydrogen-bond donors (Lipinski definition) is 2. The fourth-order valence-corrected chi connectivity index (χ4v) is 4.30. The van der Waals surface area contributed by atoms with Crippen molar-refractivity contribution in [3.05, 3.63) is 47.5 Å².